The molecule has 1 heterocycles. The highest BCUT2D eigenvalue weighted by atomic mass is 127. The molecule has 1 atom stereocenters. The molecule has 0 aromatic carbocycles. The van der Waals surface area contributed by atoms with Gasteiger partial charge in [-0.3, -0.25) is 4.99 Å². The molecule has 2 N–H and O–H groups in total. The van der Waals surface area contributed by atoms with E-state index in [1.165, 1.54) is 38.5 Å². The summed E-state index contributed by atoms with van der Waals surface area (Å²) in [5.74, 6) is 1.56. The van der Waals surface area contributed by atoms with Gasteiger partial charge in [-0.2, -0.15) is 0 Å². The van der Waals surface area contributed by atoms with Gasteiger partial charge in [-0.1, -0.05) is 20.3 Å². The predicted octanol–water partition coefficient (Wildman–Crippen LogP) is 3.23. The summed E-state index contributed by atoms with van der Waals surface area (Å²) in [6.45, 7) is 7.71. The van der Waals surface area contributed by atoms with Gasteiger partial charge >= 0.3 is 0 Å². The zero-order valence-corrected chi connectivity index (χ0v) is 14.2. The second-order valence-electron chi connectivity index (χ2n) is 6.12. The first-order valence-electron chi connectivity index (χ1n) is 7.20. The quantitative estimate of drug-likeness (QED) is 0.472. The van der Waals surface area contributed by atoms with Crippen LogP contribution < -0.4 is 5.73 Å². The number of aliphatic imine (C=N–C) groups is 1. The molecular formula is C14H28IN3. The average Bonchev–Trinajstić information content (AvgIpc) is 3.07. The second kappa shape index (κ2) is 6.96. The van der Waals surface area contributed by atoms with Gasteiger partial charge in [0.2, 0.25) is 0 Å². The average molecular weight is 365 g/mol. The molecule has 18 heavy (non-hydrogen) atoms. The van der Waals surface area contributed by atoms with Gasteiger partial charge in [-0.15, -0.1) is 24.0 Å². The van der Waals surface area contributed by atoms with Crippen molar-refractivity contribution in [3.63, 3.8) is 0 Å². The van der Waals surface area contributed by atoms with Crippen molar-refractivity contribution >= 4 is 29.9 Å². The molecule has 1 aliphatic carbocycles. The first-order valence-corrected chi connectivity index (χ1v) is 7.20. The van der Waals surface area contributed by atoms with E-state index in [0.717, 1.165) is 31.5 Å². The molecule has 0 spiro atoms. The maximum atomic E-state index is 6.12. The third kappa shape index (κ3) is 4.28. The van der Waals surface area contributed by atoms with E-state index >= 15 is 0 Å². The van der Waals surface area contributed by atoms with E-state index in [0.29, 0.717) is 5.41 Å². The van der Waals surface area contributed by atoms with Crippen molar-refractivity contribution < 1.29 is 0 Å². The Morgan fingerprint density at radius 3 is 2.72 bits per heavy atom. The minimum atomic E-state index is 0. The predicted molar refractivity (Wildman–Crippen MR) is 88.5 cm³/mol. The first kappa shape index (κ1) is 16.1. The van der Waals surface area contributed by atoms with Gasteiger partial charge in [0.05, 0.1) is 0 Å². The van der Waals surface area contributed by atoms with Crippen LogP contribution in [0.15, 0.2) is 4.99 Å². The third-order valence-electron chi connectivity index (χ3n) is 4.29. The molecule has 1 saturated carbocycles. The number of guanidine groups is 1. The zero-order chi connectivity index (χ0) is 12.3. The summed E-state index contributed by atoms with van der Waals surface area (Å²) in [5.41, 5.74) is 6.65. The van der Waals surface area contributed by atoms with E-state index in [9.17, 15) is 0 Å². The Balaban J connectivity index is 0.00000162. The fourth-order valence-corrected chi connectivity index (χ4v) is 2.94. The minimum absolute atomic E-state index is 0. The monoisotopic (exact) mass is 365 g/mol. The lowest BCUT2D eigenvalue weighted by atomic mass is 10.0. The van der Waals surface area contributed by atoms with Crippen LogP contribution in [-0.4, -0.2) is 30.5 Å². The Kier molecular flexibility index (Phi) is 6.21. The number of likely N-dealkylation sites (tertiary alicyclic amines) is 1. The van der Waals surface area contributed by atoms with Crippen molar-refractivity contribution in [2.45, 2.75) is 52.4 Å². The maximum Gasteiger partial charge on any atom is 0.191 e. The number of rotatable bonds is 4. The standard InChI is InChI=1S/C14H27N3.HI/c1-3-6-14(7-8-14)11-16-13(15)17-9-4-5-12(2)10-17;/h12H,3-11H2,1-2H3,(H2,15,16);1H. The summed E-state index contributed by atoms with van der Waals surface area (Å²) in [6.07, 6.45) is 7.90. The van der Waals surface area contributed by atoms with Crippen LogP contribution in [0.3, 0.4) is 0 Å². The van der Waals surface area contributed by atoms with E-state index in [4.69, 9.17) is 5.73 Å². The van der Waals surface area contributed by atoms with Crippen LogP contribution in [0.2, 0.25) is 0 Å². The number of hydrogen-bond acceptors (Lipinski definition) is 1. The van der Waals surface area contributed by atoms with Crippen LogP contribution in [0.5, 0.6) is 0 Å². The van der Waals surface area contributed by atoms with Gasteiger partial charge in [-0.05, 0) is 43.4 Å². The van der Waals surface area contributed by atoms with Gasteiger partial charge in [0.15, 0.2) is 5.96 Å². The Morgan fingerprint density at radius 2 is 2.17 bits per heavy atom. The molecule has 1 saturated heterocycles. The molecule has 0 bridgehead atoms. The smallest absolute Gasteiger partial charge is 0.191 e. The molecule has 4 heteroatoms. The van der Waals surface area contributed by atoms with Gasteiger partial charge < -0.3 is 10.6 Å². The number of nitrogens with two attached hydrogens (primary N) is 1. The Hall–Kier alpha value is 0. The van der Waals surface area contributed by atoms with E-state index in [1.54, 1.807) is 0 Å². The first-order chi connectivity index (χ1) is 8.15. The van der Waals surface area contributed by atoms with Crippen LogP contribution >= 0.6 is 24.0 Å². The number of piperidine rings is 1. The molecule has 2 fully saturated rings. The SMILES string of the molecule is CCCC1(CN=C(N)N2CCCC(C)C2)CC1.I. The van der Waals surface area contributed by atoms with Crippen LogP contribution in [0.25, 0.3) is 0 Å². The number of hydrogen-bond donors (Lipinski definition) is 1. The van der Waals surface area contributed by atoms with Crippen molar-refractivity contribution in [3.8, 4) is 0 Å². The van der Waals surface area contributed by atoms with Gasteiger partial charge in [0, 0.05) is 19.6 Å². The Morgan fingerprint density at radius 1 is 1.44 bits per heavy atom. The van der Waals surface area contributed by atoms with Crippen LogP contribution in [0.1, 0.15) is 52.4 Å². The lowest BCUT2D eigenvalue weighted by Crippen LogP contribution is -2.43. The van der Waals surface area contributed by atoms with E-state index < -0.39 is 0 Å². The molecule has 2 aliphatic rings. The highest BCUT2D eigenvalue weighted by molar-refractivity contribution is 14.0. The normalized spacial score (nSPS) is 26.7. The summed E-state index contributed by atoms with van der Waals surface area (Å²) < 4.78 is 0. The Labute approximate surface area is 129 Å². The summed E-state index contributed by atoms with van der Waals surface area (Å²) in [5, 5.41) is 0. The fourth-order valence-electron chi connectivity index (χ4n) is 2.94. The second-order valence-corrected chi connectivity index (χ2v) is 6.12. The molecule has 3 nitrogen and oxygen atoms in total. The molecular weight excluding hydrogens is 337 g/mol. The third-order valence-corrected chi connectivity index (χ3v) is 4.29. The van der Waals surface area contributed by atoms with Crippen molar-refractivity contribution in [1.29, 1.82) is 0 Å². The topological polar surface area (TPSA) is 41.6 Å². The van der Waals surface area contributed by atoms with Crippen molar-refractivity contribution in [2.75, 3.05) is 19.6 Å². The van der Waals surface area contributed by atoms with Gasteiger partial charge in [-0.25, -0.2) is 0 Å². The lowest BCUT2D eigenvalue weighted by molar-refractivity contribution is 0.269. The zero-order valence-electron chi connectivity index (χ0n) is 11.8. The Bertz CT molecular complexity index is 287. The van der Waals surface area contributed by atoms with Crippen LogP contribution in [0, 0.1) is 11.3 Å². The van der Waals surface area contributed by atoms with Crippen molar-refractivity contribution in [2.24, 2.45) is 22.1 Å². The molecule has 0 amide bonds. The van der Waals surface area contributed by atoms with Gasteiger partial charge in [0.1, 0.15) is 0 Å². The van der Waals surface area contributed by atoms with Crippen molar-refractivity contribution in [3.05, 3.63) is 0 Å². The molecule has 1 unspecified atom stereocenters. The molecule has 0 aromatic rings. The fraction of sp³-hybridized carbons (Fsp3) is 0.929. The minimum Gasteiger partial charge on any atom is -0.370 e. The highest BCUT2D eigenvalue weighted by Gasteiger charge is 2.41. The van der Waals surface area contributed by atoms with Crippen LogP contribution in [0.4, 0.5) is 0 Å². The van der Waals surface area contributed by atoms with E-state index in [2.05, 4.69) is 23.7 Å². The molecule has 106 valence electrons. The largest absolute Gasteiger partial charge is 0.370 e. The van der Waals surface area contributed by atoms with E-state index in [1.807, 2.05) is 0 Å². The molecule has 1 aliphatic heterocycles. The maximum absolute atomic E-state index is 6.12. The summed E-state index contributed by atoms with van der Waals surface area (Å²) in [4.78, 5) is 6.93. The van der Waals surface area contributed by atoms with Gasteiger partial charge in [0.25, 0.3) is 0 Å². The number of halogens is 1. The summed E-state index contributed by atoms with van der Waals surface area (Å²) in [7, 11) is 0. The lowest BCUT2D eigenvalue weighted by Gasteiger charge is -2.31. The highest BCUT2D eigenvalue weighted by Crippen LogP contribution is 2.49. The molecule has 0 aromatic heterocycles. The van der Waals surface area contributed by atoms with Crippen molar-refractivity contribution in [1.82, 2.24) is 4.90 Å². The summed E-state index contributed by atoms with van der Waals surface area (Å²) in [6, 6.07) is 0. The number of nitrogens with zero attached hydrogens (tertiary/aromatic N) is 2. The van der Waals surface area contributed by atoms with Crippen LogP contribution in [-0.2, 0) is 0 Å². The van der Waals surface area contributed by atoms with E-state index in [-0.39, 0.29) is 24.0 Å². The molecule has 0 radical (unpaired) electrons. The molecule has 2 rings (SSSR count). The summed E-state index contributed by atoms with van der Waals surface area (Å²) >= 11 is 0.